The van der Waals surface area contributed by atoms with Crippen molar-refractivity contribution in [3.63, 3.8) is 0 Å². The average molecular weight is 178 g/mol. The summed E-state index contributed by atoms with van der Waals surface area (Å²) in [5.41, 5.74) is 0. The molecular formula is C8H18O4. The van der Waals surface area contributed by atoms with E-state index >= 15 is 0 Å². The molecule has 0 aromatic carbocycles. The lowest BCUT2D eigenvalue weighted by molar-refractivity contribution is -0.426. The van der Waals surface area contributed by atoms with Crippen molar-refractivity contribution in [2.75, 3.05) is 13.2 Å². The van der Waals surface area contributed by atoms with Crippen LogP contribution in [-0.2, 0) is 19.2 Å². The van der Waals surface area contributed by atoms with Crippen LogP contribution >= 0.6 is 0 Å². The molecule has 0 radical (unpaired) electrons. The third kappa shape index (κ3) is 6.54. The van der Waals surface area contributed by atoms with Crippen molar-refractivity contribution in [3.05, 3.63) is 0 Å². The molecule has 0 aliphatic rings. The van der Waals surface area contributed by atoms with E-state index in [9.17, 15) is 0 Å². The summed E-state index contributed by atoms with van der Waals surface area (Å²) >= 11 is 0. The van der Waals surface area contributed by atoms with E-state index < -0.39 is 0 Å². The monoisotopic (exact) mass is 178 g/mol. The van der Waals surface area contributed by atoms with Gasteiger partial charge in [-0.05, 0) is 27.7 Å². The Bertz CT molecular complexity index is 85.1. The Kier molecular flexibility index (Phi) is 7.39. The first-order chi connectivity index (χ1) is 5.70. The molecule has 12 heavy (non-hydrogen) atoms. The van der Waals surface area contributed by atoms with Gasteiger partial charge in [-0.15, -0.1) is 0 Å². The van der Waals surface area contributed by atoms with Crippen LogP contribution in [-0.4, -0.2) is 25.8 Å². The van der Waals surface area contributed by atoms with E-state index in [1.807, 2.05) is 13.8 Å². The lowest BCUT2D eigenvalue weighted by atomic mass is 10.7. The molecule has 2 unspecified atom stereocenters. The molecule has 0 heterocycles. The highest BCUT2D eigenvalue weighted by atomic mass is 17.2. The lowest BCUT2D eigenvalue weighted by Gasteiger charge is -2.15. The molecule has 0 aliphatic carbocycles. The Morgan fingerprint density at radius 1 is 0.833 bits per heavy atom. The minimum Gasteiger partial charge on any atom is -0.350 e. The van der Waals surface area contributed by atoms with Crippen LogP contribution in [0.1, 0.15) is 27.7 Å². The maximum Gasteiger partial charge on any atom is 0.188 e. The zero-order chi connectivity index (χ0) is 9.40. The van der Waals surface area contributed by atoms with Gasteiger partial charge in [0.1, 0.15) is 0 Å². The van der Waals surface area contributed by atoms with Crippen LogP contribution in [0.25, 0.3) is 0 Å². The smallest absolute Gasteiger partial charge is 0.188 e. The SMILES string of the molecule is CCOC(C)OOC(C)OCC. The van der Waals surface area contributed by atoms with Gasteiger partial charge < -0.3 is 9.47 Å². The first-order valence-electron chi connectivity index (χ1n) is 4.26. The van der Waals surface area contributed by atoms with Gasteiger partial charge in [-0.1, -0.05) is 0 Å². The van der Waals surface area contributed by atoms with E-state index in [1.165, 1.54) is 0 Å². The van der Waals surface area contributed by atoms with Crippen molar-refractivity contribution >= 4 is 0 Å². The third-order valence-corrected chi connectivity index (χ3v) is 1.13. The van der Waals surface area contributed by atoms with E-state index in [-0.39, 0.29) is 12.6 Å². The largest absolute Gasteiger partial charge is 0.350 e. The number of hydrogen-bond donors (Lipinski definition) is 0. The van der Waals surface area contributed by atoms with Crippen LogP contribution in [0, 0.1) is 0 Å². The molecule has 0 spiro atoms. The summed E-state index contributed by atoms with van der Waals surface area (Å²) in [4.78, 5) is 9.70. The van der Waals surface area contributed by atoms with E-state index in [2.05, 4.69) is 0 Å². The molecular weight excluding hydrogens is 160 g/mol. The molecule has 4 nitrogen and oxygen atoms in total. The van der Waals surface area contributed by atoms with Gasteiger partial charge in [0, 0.05) is 13.2 Å². The van der Waals surface area contributed by atoms with Crippen molar-refractivity contribution in [1.82, 2.24) is 0 Å². The minimum atomic E-state index is -0.349. The van der Waals surface area contributed by atoms with Crippen LogP contribution < -0.4 is 0 Å². The highest BCUT2D eigenvalue weighted by molar-refractivity contribution is 4.26. The van der Waals surface area contributed by atoms with Gasteiger partial charge in [-0.25, -0.2) is 9.78 Å². The second-order valence-corrected chi connectivity index (χ2v) is 2.24. The van der Waals surface area contributed by atoms with Gasteiger partial charge in [0.15, 0.2) is 12.6 Å². The normalized spacial score (nSPS) is 16.0. The summed E-state index contributed by atoms with van der Waals surface area (Å²) in [6.07, 6.45) is -0.698. The summed E-state index contributed by atoms with van der Waals surface area (Å²) in [6, 6.07) is 0. The zero-order valence-corrected chi connectivity index (χ0v) is 8.20. The molecule has 0 rings (SSSR count). The second kappa shape index (κ2) is 7.49. The molecule has 0 aromatic rings. The molecule has 0 N–H and O–H groups in total. The zero-order valence-electron chi connectivity index (χ0n) is 8.20. The minimum absolute atomic E-state index is 0.349. The standard InChI is InChI=1S/C8H18O4/c1-5-9-7(3)11-12-8(4)10-6-2/h7-8H,5-6H2,1-4H3. The lowest BCUT2D eigenvalue weighted by Crippen LogP contribution is -2.19. The molecule has 0 saturated carbocycles. The Balaban J connectivity index is 3.27. The van der Waals surface area contributed by atoms with Crippen LogP contribution in [0.3, 0.4) is 0 Å². The Morgan fingerprint density at radius 2 is 1.17 bits per heavy atom. The quantitative estimate of drug-likeness (QED) is 0.338. The predicted octanol–water partition coefficient (Wildman–Crippen LogP) is 1.70. The maximum atomic E-state index is 5.07. The van der Waals surface area contributed by atoms with E-state index in [4.69, 9.17) is 19.2 Å². The third-order valence-electron chi connectivity index (χ3n) is 1.13. The molecule has 74 valence electrons. The van der Waals surface area contributed by atoms with Crippen LogP contribution in [0.15, 0.2) is 0 Å². The summed E-state index contributed by atoms with van der Waals surface area (Å²) in [6.45, 7) is 8.53. The summed E-state index contributed by atoms with van der Waals surface area (Å²) in [7, 11) is 0. The fourth-order valence-corrected chi connectivity index (χ4v) is 0.681. The number of rotatable bonds is 7. The molecule has 0 bridgehead atoms. The molecule has 0 aromatic heterocycles. The molecule has 0 amide bonds. The fourth-order valence-electron chi connectivity index (χ4n) is 0.681. The average Bonchev–Trinajstić information content (AvgIpc) is 2.02. The van der Waals surface area contributed by atoms with Gasteiger partial charge in [0.2, 0.25) is 0 Å². The van der Waals surface area contributed by atoms with Gasteiger partial charge in [0.25, 0.3) is 0 Å². The first-order valence-corrected chi connectivity index (χ1v) is 4.26. The van der Waals surface area contributed by atoms with E-state index in [0.717, 1.165) is 0 Å². The Morgan fingerprint density at radius 3 is 1.42 bits per heavy atom. The van der Waals surface area contributed by atoms with Gasteiger partial charge >= 0.3 is 0 Å². The second-order valence-electron chi connectivity index (χ2n) is 2.24. The van der Waals surface area contributed by atoms with Crippen molar-refractivity contribution in [3.8, 4) is 0 Å². The molecule has 0 fully saturated rings. The molecule has 2 atom stereocenters. The van der Waals surface area contributed by atoms with Gasteiger partial charge in [-0.3, -0.25) is 0 Å². The van der Waals surface area contributed by atoms with E-state index in [0.29, 0.717) is 13.2 Å². The predicted molar refractivity (Wildman–Crippen MR) is 44.3 cm³/mol. The first kappa shape index (κ1) is 11.8. The summed E-state index contributed by atoms with van der Waals surface area (Å²) in [5.74, 6) is 0. The van der Waals surface area contributed by atoms with E-state index in [1.54, 1.807) is 13.8 Å². The summed E-state index contributed by atoms with van der Waals surface area (Å²) in [5, 5.41) is 0. The number of ether oxygens (including phenoxy) is 2. The molecule has 4 heteroatoms. The van der Waals surface area contributed by atoms with Gasteiger partial charge in [0.05, 0.1) is 0 Å². The van der Waals surface area contributed by atoms with Crippen molar-refractivity contribution in [1.29, 1.82) is 0 Å². The highest BCUT2D eigenvalue weighted by Crippen LogP contribution is 1.99. The molecule has 0 saturated heterocycles. The Hall–Kier alpha value is -0.160. The van der Waals surface area contributed by atoms with Crippen LogP contribution in [0.4, 0.5) is 0 Å². The van der Waals surface area contributed by atoms with Crippen LogP contribution in [0.2, 0.25) is 0 Å². The topological polar surface area (TPSA) is 36.9 Å². The number of hydrogen-bond acceptors (Lipinski definition) is 4. The van der Waals surface area contributed by atoms with Gasteiger partial charge in [-0.2, -0.15) is 0 Å². The maximum absolute atomic E-state index is 5.07. The Labute approximate surface area is 73.7 Å². The van der Waals surface area contributed by atoms with Crippen molar-refractivity contribution in [2.24, 2.45) is 0 Å². The molecule has 0 aliphatic heterocycles. The fraction of sp³-hybridized carbons (Fsp3) is 1.00. The highest BCUT2D eigenvalue weighted by Gasteiger charge is 2.05. The summed E-state index contributed by atoms with van der Waals surface area (Å²) < 4.78 is 10.1. The van der Waals surface area contributed by atoms with Crippen LogP contribution in [0.5, 0.6) is 0 Å². The van der Waals surface area contributed by atoms with Crippen molar-refractivity contribution in [2.45, 2.75) is 40.3 Å². The van der Waals surface area contributed by atoms with Crippen molar-refractivity contribution < 1.29 is 19.2 Å².